The van der Waals surface area contributed by atoms with Crippen molar-refractivity contribution in [2.75, 3.05) is 37.6 Å². The Kier molecular flexibility index (Phi) is 4.94. The molecule has 3 N–H and O–H groups in total. The van der Waals surface area contributed by atoms with Gasteiger partial charge in [0.2, 0.25) is 0 Å². The van der Waals surface area contributed by atoms with E-state index < -0.39 is 0 Å². The molecule has 0 atom stereocenters. The van der Waals surface area contributed by atoms with Crippen molar-refractivity contribution in [1.29, 1.82) is 0 Å². The highest BCUT2D eigenvalue weighted by Crippen LogP contribution is 2.14. The summed E-state index contributed by atoms with van der Waals surface area (Å²) in [6.45, 7) is 3.45. The van der Waals surface area contributed by atoms with E-state index >= 15 is 0 Å². The van der Waals surface area contributed by atoms with Gasteiger partial charge in [0.05, 0.1) is 6.61 Å². The van der Waals surface area contributed by atoms with Gasteiger partial charge in [-0.1, -0.05) is 6.92 Å². The van der Waals surface area contributed by atoms with E-state index in [4.69, 9.17) is 10.6 Å². The zero-order valence-electron chi connectivity index (χ0n) is 10.0. The molecule has 90 valence electrons. The zero-order chi connectivity index (χ0) is 12.0. The lowest BCUT2D eigenvalue weighted by molar-refractivity contribution is 0.206. The predicted molar refractivity (Wildman–Crippen MR) is 64.4 cm³/mol. The maximum atomic E-state index is 5.36. The molecule has 0 unspecified atom stereocenters. The number of nitrogen functional groups attached to an aromatic ring is 1. The van der Waals surface area contributed by atoms with E-state index in [0.29, 0.717) is 12.4 Å². The van der Waals surface area contributed by atoms with Crippen LogP contribution in [-0.4, -0.2) is 37.3 Å². The van der Waals surface area contributed by atoms with Crippen LogP contribution < -0.4 is 16.2 Å². The minimum absolute atomic E-state index is 0.631. The Morgan fingerprint density at radius 1 is 1.50 bits per heavy atom. The third-order valence-electron chi connectivity index (χ3n) is 2.24. The van der Waals surface area contributed by atoms with Crippen LogP contribution >= 0.6 is 0 Å². The lowest BCUT2D eigenvalue weighted by Gasteiger charge is -2.18. The lowest BCUT2D eigenvalue weighted by Crippen LogP contribution is -2.24. The molecule has 0 saturated carbocycles. The van der Waals surface area contributed by atoms with Crippen molar-refractivity contribution in [2.45, 2.75) is 13.3 Å². The van der Waals surface area contributed by atoms with E-state index in [1.807, 2.05) is 24.9 Å². The summed E-state index contributed by atoms with van der Waals surface area (Å²) in [5.41, 5.74) is 2.54. The molecule has 0 radical (unpaired) electrons. The second-order valence-corrected chi connectivity index (χ2v) is 3.44. The van der Waals surface area contributed by atoms with Crippen molar-refractivity contribution in [3.63, 3.8) is 0 Å². The summed E-state index contributed by atoms with van der Waals surface area (Å²) in [6.07, 6.45) is 0.778. The van der Waals surface area contributed by atoms with Crippen molar-refractivity contribution < 1.29 is 4.74 Å². The summed E-state index contributed by atoms with van der Waals surface area (Å²) in [5, 5.41) is 0. The van der Waals surface area contributed by atoms with Crippen molar-refractivity contribution in [3.8, 4) is 0 Å². The molecule has 0 aliphatic carbocycles. The van der Waals surface area contributed by atoms with Crippen LogP contribution in [0.3, 0.4) is 0 Å². The molecule has 0 aliphatic heterocycles. The summed E-state index contributed by atoms with van der Waals surface area (Å²) in [7, 11) is 3.64. The molecule has 16 heavy (non-hydrogen) atoms. The number of nitrogens with zero attached hydrogens (tertiary/aromatic N) is 3. The van der Waals surface area contributed by atoms with Crippen LogP contribution in [-0.2, 0) is 11.2 Å². The van der Waals surface area contributed by atoms with Crippen LogP contribution in [0.1, 0.15) is 12.7 Å². The van der Waals surface area contributed by atoms with Gasteiger partial charge in [-0.05, 0) is 0 Å². The van der Waals surface area contributed by atoms with Crippen molar-refractivity contribution in [2.24, 2.45) is 5.84 Å². The number of aromatic nitrogens is 2. The monoisotopic (exact) mass is 225 g/mol. The molecule has 0 saturated heterocycles. The Hall–Kier alpha value is -1.40. The second-order valence-electron chi connectivity index (χ2n) is 3.44. The van der Waals surface area contributed by atoms with Gasteiger partial charge in [0.25, 0.3) is 0 Å². The number of ether oxygens (including phenoxy) is 1. The third-order valence-corrected chi connectivity index (χ3v) is 2.24. The molecule has 0 bridgehead atoms. The van der Waals surface area contributed by atoms with Gasteiger partial charge in [-0.15, -0.1) is 0 Å². The first-order valence-electron chi connectivity index (χ1n) is 5.26. The normalized spacial score (nSPS) is 10.2. The van der Waals surface area contributed by atoms with Gasteiger partial charge in [-0.2, -0.15) is 0 Å². The van der Waals surface area contributed by atoms with E-state index in [1.54, 1.807) is 7.11 Å². The Bertz CT molecular complexity index is 309. The first-order chi connectivity index (χ1) is 7.71. The van der Waals surface area contributed by atoms with Crippen molar-refractivity contribution in [1.82, 2.24) is 9.97 Å². The number of nitrogens with one attached hydrogen (secondary N) is 1. The molecule has 1 aromatic heterocycles. The SMILES string of the molecule is CCc1nc(NN)cc(N(C)CCOC)n1. The summed E-state index contributed by atoms with van der Waals surface area (Å²) in [5.74, 6) is 7.61. The average molecular weight is 225 g/mol. The zero-order valence-corrected chi connectivity index (χ0v) is 10.0. The van der Waals surface area contributed by atoms with Gasteiger partial charge in [0.15, 0.2) is 0 Å². The molecule has 0 aliphatic rings. The number of aryl methyl sites for hydroxylation is 1. The third kappa shape index (κ3) is 3.32. The number of likely N-dealkylation sites (N-methyl/N-ethyl adjacent to an activating group) is 1. The minimum atomic E-state index is 0.631. The van der Waals surface area contributed by atoms with Gasteiger partial charge in [-0.25, -0.2) is 15.8 Å². The van der Waals surface area contributed by atoms with E-state index in [9.17, 15) is 0 Å². The number of hydrogen-bond acceptors (Lipinski definition) is 6. The quantitative estimate of drug-likeness (QED) is 0.539. The Morgan fingerprint density at radius 3 is 2.81 bits per heavy atom. The number of nitrogens with two attached hydrogens (primary N) is 1. The van der Waals surface area contributed by atoms with Crippen molar-refractivity contribution in [3.05, 3.63) is 11.9 Å². The van der Waals surface area contributed by atoms with Crippen LogP contribution in [0.15, 0.2) is 6.07 Å². The predicted octanol–water partition coefficient (Wildman–Crippen LogP) is 0.407. The number of anilines is 2. The number of methoxy groups -OCH3 is 1. The molecule has 6 nitrogen and oxygen atoms in total. The van der Waals surface area contributed by atoms with E-state index in [1.165, 1.54) is 0 Å². The number of hydrazine groups is 1. The number of rotatable bonds is 6. The Balaban J connectivity index is 2.85. The highest BCUT2D eigenvalue weighted by Gasteiger charge is 2.06. The van der Waals surface area contributed by atoms with Crippen LogP contribution in [0.5, 0.6) is 0 Å². The maximum Gasteiger partial charge on any atom is 0.145 e. The van der Waals surface area contributed by atoms with Gasteiger partial charge >= 0.3 is 0 Å². The van der Waals surface area contributed by atoms with Crippen LogP contribution in [0.4, 0.5) is 11.6 Å². The first kappa shape index (κ1) is 12.7. The van der Waals surface area contributed by atoms with Crippen LogP contribution in [0, 0.1) is 0 Å². The number of hydrogen-bond donors (Lipinski definition) is 2. The topological polar surface area (TPSA) is 76.3 Å². The Morgan fingerprint density at radius 2 is 2.25 bits per heavy atom. The fraction of sp³-hybridized carbons (Fsp3) is 0.600. The first-order valence-corrected chi connectivity index (χ1v) is 5.26. The average Bonchev–Trinajstić information content (AvgIpc) is 2.35. The second kappa shape index (κ2) is 6.24. The van der Waals surface area contributed by atoms with E-state index in [-0.39, 0.29) is 0 Å². The molecule has 1 rings (SSSR count). The largest absolute Gasteiger partial charge is 0.383 e. The summed E-state index contributed by atoms with van der Waals surface area (Å²) < 4.78 is 5.02. The van der Waals surface area contributed by atoms with Crippen molar-refractivity contribution >= 4 is 11.6 Å². The molecule has 0 amide bonds. The molecule has 6 heteroatoms. The molecule has 0 aromatic carbocycles. The molecular weight excluding hydrogens is 206 g/mol. The highest BCUT2D eigenvalue weighted by molar-refractivity contribution is 5.48. The van der Waals surface area contributed by atoms with E-state index in [2.05, 4.69) is 15.4 Å². The maximum absolute atomic E-state index is 5.36. The smallest absolute Gasteiger partial charge is 0.145 e. The lowest BCUT2D eigenvalue weighted by atomic mass is 10.4. The van der Waals surface area contributed by atoms with Gasteiger partial charge < -0.3 is 15.1 Å². The highest BCUT2D eigenvalue weighted by atomic mass is 16.5. The standard InChI is InChI=1S/C10H19N5O/c1-4-8-12-9(14-11)7-10(13-8)15(2)5-6-16-3/h7H,4-6,11H2,1-3H3,(H,12,13,14). The summed E-state index contributed by atoms with van der Waals surface area (Å²) in [4.78, 5) is 10.6. The van der Waals surface area contributed by atoms with Gasteiger partial charge in [0.1, 0.15) is 17.5 Å². The molecule has 0 spiro atoms. The fourth-order valence-corrected chi connectivity index (χ4v) is 1.25. The summed E-state index contributed by atoms with van der Waals surface area (Å²) in [6, 6.07) is 1.81. The molecular formula is C10H19N5O. The minimum Gasteiger partial charge on any atom is -0.383 e. The van der Waals surface area contributed by atoms with Crippen LogP contribution in [0.2, 0.25) is 0 Å². The van der Waals surface area contributed by atoms with E-state index in [0.717, 1.165) is 24.6 Å². The Labute approximate surface area is 95.8 Å². The molecule has 1 heterocycles. The van der Waals surface area contributed by atoms with Crippen LogP contribution in [0.25, 0.3) is 0 Å². The fourth-order valence-electron chi connectivity index (χ4n) is 1.25. The summed E-state index contributed by atoms with van der Waals surface area (Å²) >= 11 is 0. The van der Waals surface area contributed by atoms with Gasteiger partial charge in [0, 0.05) is 33.2 Å². The molecule has 0 fully saturated rings. The van der Waals surface area contributed by atoms with Gasteiger partial charge in [-0.3, -0.25) is 0 Å². The molecule has 1 aromatic rings.